The number of hydrogen-bond acceptors (Lipinski definition) is 4. The van der Waals surface area contributed by atoms with E-state index >= 15 is 0 Å². The monoisotopic (exact) mass is 248 g/mol. The van der Waals surface area contributed by atoms with Gasteiger partial charge in [0.2, 0.25) is 0 Å². The van der Waals surface area contributed by atoms with Crippen molar-refractivity contribution >= 4 is 11.8 Å². The number of hydrogen-bond donors (Lipinski definition) is 0. The van der Waals surface area contributed by atoms with Crippen LogP contribution in [-0.4, -0.2) is 25.5 Å². The van der Waals surface area contributed by atoms with Gasteiger partial charge in [-0.1, -0.05) is 12.1 Å². The van der Waals surface area contributed by atoms with Gasteiger partial charge in [0, 0.05) is 12.8 Å². The molecule has 1 aliphatic rings. The Labute approximate surface area is 106 Å². The van der Waals surface area contributed by atoms with E-state index in [9.17, 15) is 9.59 Å². The molecule has 96 valence electrons. The van der Waals surface area contributed by atoms with Crippen molar-refractivity contribution in [2.75, 3.05) is 13.7 Å². The number of ether oxygens (including phenoxy) is 2. The number of esters is 1. The Hall–Kier alpha value is -1.84. The first-order valence-electron chi connectivity index (χ1n) is 5.96. The van der Waals surface area contributed by atoms with Crippen LogP contribution in [0.2, 0.25) is 0 Å². The lowest BCUT2D eigenvalue weighted by molar-refractivity contribution is -0.158. The molecule has 0 bridgehead atoms. The van der Waals surface area contributed by atoms with Gasteiger partial charge in [-0.15, -0.1) is 0 Å². The number of benzene rings is 1. The summed E-state index contributed by atoms with van der Waals surface area (Å²) in [5.41, 5.74) is 0.0423. The van der Waals surface area contributed by atoms with Crippen LogP contribution in [-0.2, 0) is 19.7 Å². The molecule has 0 amide bonds. The van der Waals surface area contributed by atoms with Gasteiger partial charge >= 0.3 is 5.97 Å². The molecule has 2 rings (SSSR count). The third-order valence-electron chi connectivity index (χ3n) is 3.31. The van der Waals surface area contributed by atoms with E-state index in [-0.39, 0.29) is 24.6 Å². The van der Waals surface area contributed by atoms with Crippen LogP contribution in [0.4, 0.5) is 0 Å². The highest BCUT2D eigenvalue weighted by Crippen LogP contribution is 2.42. The number of ketones is 1. The van der Waals surface area contributed by atoms with Crippen molar-refractivity contribution in [3.8, 4) is 5.75 Å². The Morgan fingerprint density at radius 1 is 1.28 bits per heavy atom. The highest BCUT2D eigenvalue weighted by atomic mass is 16.5. The molecule has 0 radical (unpaired) electrons. The molecule has 0 heterocycles. The van der Waals surface area contributed by atoms with E-state index in [0.717, 1.165) is 11.3 Å². The van der Waals surface area contributed by atoms with Crippen LogP contribution in [0.1, 0.15) is 25.3 Å². The van der Waals surface area contributed by atoms with Gasteiger partial charge in [0.05, 0.1) is 13.7 Å². The van der Waals surface area contributed by atoms with E-state index in [0.29, 0.717) is 6.61 Å². The first-order valence-corrected chi connectivity index (χ1v) is 5.96. The average Bonchev–Trinajstić information content (AvgIpc) is 2.35. The van der Waals surface area contributed by atoms with E-state index < -0.39 is 5.41 Å². The average molecular weight is 248 g/mol. The Bertz CT molecular complexity index is 453. The lowest BCUT2D eigenvalue weighted by atomic mass is 9.63. The van der Waals surface area contributed by atoms with Gasteiger partial charge in [0.1, 0.15) is 16.9 Å². The molecule has 18 heavy (non-hydrogen) atoms. The molecule has 1 saturated carbocycles. The van der Waals surface area contributed by atoms with Crippen molar-refractivity contribution in [3.63, 3.8) is 0 Å². The van der Waals surface area contributed by atoms with Gasteiger partial charge in [-0.05, 0) is 24.6 Å². The highest BCUT2D eigenvalue weighted by molar-refractivity contribution is 6.02. The summed E-state index contributed by atoms with van der Waals surface area (Å²) in [4.78, 5) is 23.3. The third-order valence-corrected chi connectivity index (χ3v) is 3.31. The van der Waals surface area contributed by atoms with Crippen molar-refractivity contribution in [2.24, 2.45) is 0 Å². The zero-order chi connectivity index (χ0) is 13.2. The fourth-order valence-electron chi connectivity index (χ4n) is 2.27. The normalized spacial score (nSPS) is 16.9. The van der Waals surface area contributed by atoms with Crippen molar-refractivity contribution in [1.29, 1.82) is 0 Å². The molecule has 0 aliphatic heterocycles. The number of methoxy groups -OCH3 is 1. The van der Waals surface area contributed by atoms with Gasteiger partial charge in [-0.3, -0.25) is 9.59 Å². The molecule has 4 heteroatoms. The van der Waals surface area contributed by atoms with Gasteiger partial charge in [0.25, 0.3) is 0 Å². The minimum Gasteiger partial charge on any atom is -0.497 e. The van der Waals surface area contributed by atoms with E-state index in [1.54, 1.807) is 26.2 Å². The number of carbonyl (C=O) groups is 2. The standard InChI is InChI=1S/C14H16O4/c1-3-18-13(16)14(8-11(15)9-14)10-4-6-12(17-2)7-5-10/h4-7H,3,8-9H2,1-2H3. The molecule has 4 nitrogen and oxygen atoms in total. The maximum Gasteiger partial charge on any atom is 0.317 e. The molecule has 0 spiro atoms. The van der Waals surface area contributed by atoms with Crippen LogP contribution in [0.3, 0.4) is 0 Å². The largest absolute Gasteiger partial charge is 0.497 e. The van der Waals surface area contributed by atoms with Gasteiger partial charge < -0.3 is 9.47 Å². The molecule has 0 N–H and O–H groups in total. The topological polar surface area (TPSA) is 52.6 Å². The molecule has 1 aliphatic carbocycles. The smallest absolute Gasteiger partial charge is 0.317 e. The van der Waals surface area contributed by atoms with Crippen molar-refractivity contribution in [3.05, 3.63) is 29.8 Å². The summed E-state index contributed by atoms with van der Waals surface area (Å²) < 4.78 is 10.2. The van der Waals surface area contributed by atoms with Gasteiger partial charge in [0.15, 0.2) is 0 Å². The molecule has 0 saturated heterocycles. The minimum atomic E-state index is -0.778. The van der Waals surface area contributed by atoms with Crippen LogP contribution in [0, 0.1) is 0 Å². The zero-order valence-electron chi connectivity index (χ0n) is 10.6. The number of carbonyl (C=O) groups excluding carboxylic acids is 2. The molecule has 1 aromatic rings. The van der Waals surface area contributed by atoms with Crippen LogP contribution >= 0.6 is 0 Å². The quantitative estimate of drug-likeness (QED) is 0.763. The molecule has 1 aromatic carbocycles. The number of Topliss-reactive ketones (excluding diaryl/α,β-unsaturated/α-hetero) is 1. The fourth-order valence-corrected chi connectivity index (χ4v) is 2.27. The summed E-state index contributed by atoms with van der Waals surface area (Å²) >= 11 is 0. The van der Waals surface area contributed by atoms with Crippen LogP contribution in [0.15, 0.2) is 24.3 Å². The van der Waals surface area contributed by atoms with Crippen molar-refractivity contribution in [2.45, 2.75) is 25.2 Å². The Balaban J connectivity index is 2.29. The SMILES string of the molecule is CCOC(=O)C1(c2ccc(OC)cc2)CC(=O)C1. The van der Waals surface area contributed by atoms with Gasteiger partial charge in [-0.25, -0.2) is 0 Å². The maximum absolute atomic E-state index is 12.0. The second-order valence-electron chi connectivity index (χ2n) is 4.42. The summed E-state index contributed by atoms with van der Waals surface area (Å²) in [5, 5.41) is 0. The molecule has 1 fully saturated rings. The van der Waals surface area contributed by atoms with Gasteiger partial charge in [-0.2, -0.15) is 0 Å². The minimum absolute atomic E-state index is 0.0962. The van der Waals surface area contributed by atoms with E-state index in [1.807, 2.05) is 12.1 Å². The Morgan fingerprint density at radius 2 is 1.89 bits per heavy atom. The fraction of sp³-hybridized carbons (Fsp3) is 0.429. The van der Waals surface area contributed by atoms with Crippen molar-refractivity contribution < 1.29 is 19.1 Å². The predicted octanol–water partition coefficient (Wildman–Crippen LogP) is 1.86. The van der Waals surface area contributed by atoms with Crippen molar-refractivity contribution in [1.82, 2.24) is 0 Å². The first kappa shape index (κ1) is 12.6. The van der Waals surface area contributed by atoms with Crippen LogP contribution in [0.5, 0.6) is 5.75 Å². The molecule has 0 aromatic heterocycles. The Morgan fingerprint density at radius 3 is 2.33 bits per heavy atom. The summed E-state index contributed by atoms with van der Waals surface area (Å²) in [5.74, 6) is 0.511. The van der Waals surface area contributed by atoms with Crippen LogP contribution in [0.25, 0.3) is 0 Å². The zero-order valence-corrected chi connectivity index (χ0v) is 10.6. The lowest BCUT2D eigenvalue weighted by Crippen LogP contribution is -2.49. The highest BCUT2D eigenvalue weighted by Gasteiger charge is 2.52. The molecular formula is C14H16O4. The lowest BCUT2D eigenvalue weighted by Gasteiger charge is -2.38. The summed E-state index contributed by atoms with van der Waals surface area (Å²) in [6, 6.07) is 7.22. The van der Waals surface area contributed by atoms with Crippen LogP contribution < -0.4 is 4.74 Å². The number of rotatable bonds is 4. The summed E-state index contributed by atoms with van der Waals surface area (Å²) in [6.07, 6.45) is 0.469. The summed E-state index contributed by atoms with van der Waals surface area (Å²) in [7, 11) is 1.59. The maximum atomic E-state index is 12.0. The second kappa shape index (κ2) is 4.80. The van der Waals surface area contributed by atoms with E-state index in [2.05, 4.69) is 0 Å². The van der Waals surface area contributed by atoms with E-state index in [4.69, 9.17) is 9.47 Å². The first-order chi connectivity index (χ1) is 8.62. The second-order valence-corrected chi connectivity index (χ2v) is 4.42. The molecule has 0 unspecified atom stereocenters. The predicted molar refractivity (Wildman–Crippen MR) is 65.5 cm³/mol. The summed E-state index contributed by atoms with van der Waals surface area (Å²) in [6.45, 7) is 2.09. The molecular weight excluding hydrogens is 232 g/mol. The third kappa shape index (κ3) is 1.98. The van der Waals surface area contributed by atoms with E-state index in [1.165, 1.54) is 0 Å². The molecule has 0 atom stereocenters. The Kier molecular flexibility index (Phi) is 3.36.